The van der Waals surface area contributed by atoms with Crippen molar-refractivity contribution in [2.24, 2.45) is 23.7 Å². The molecule has 1 aliphatic heterocycles. The zero-order valence-electron chi connectivity index (χ0n) is 10.2. The lowest BCUT2D eigenvalue weighted by atomic mass is 9.88. The molecular formula is C13H20N2O2. The van der Waals surface area contributed by atoms with Crippen LogP contribution in [0.2, 0.25) is 0 Å². The molecule has 0 unspecified atom stereocenters. The van der Waals surface area contributed by atoms with Crippen molar-refractivity contribution < 1.29 is 9.59 Å². The van der Waals surface area contributed by atoms with Crippen molar-refractivity contribution >= 4 is 11.8 Å². The topological polar surface area (TPSA) is 58.2 Å². The van der Waals surface area contributed by atoms with Gasteiger partial charge in [-0.25, -0.2) is 0 Å². The molecule has 2 saturated carbocycles. The summed E-state index contributed by atoms with van der Waals surface area (Å²) >= 11 is 0. The summed E-state index contributed by atoms with van der Waals surface area (Å²) in [5, 5.41) is 6.11. The van der Waals surface area contributed by atoms with E-state index in [1.54, 1.807) is 0 Å². The number of carbonyl (C=O) groups is 2. The highest BCUT2D eigenvalue weighted by Gasteiger charge is 2.46. The molecule has 4 heteroatoms. The summed E-state index contributed by atoms with van der Waals surface area (Å²) in [5.41, 5.74) is 0. The lowest BCUT2D eigenvalue weighted by Crippen LogP contribution is -2.34. The Morgan fingerprint density at radius 1 is 1.47 bits per heavy atom. The van der Waals surface area contributed by atoms with Gasteiger partial charge in [-0.1, -0.05) is 6.92 Å². The first-order chi connectivity index (χ1) is 8.15. The molecule has 4 atom stereocenters. The molecule has 3 rings (SSSR count). The van der Waals surface area contributed by atoms with Crippen LogP contribution in [-0.2, 0) is 9.59 Å². The molecule has 0 aromatic heterocycles. The number of hydrogen-bond donors (Lipinski definition) is 2. The third-order valence-electron chi connectivity index (χ3n) is 4.65. The molecule has 1 heterocycles. The van der Waals surface area contributed by atoms with E-state index in [-0.39, 0.29) is 17.7 Å². The molecule has 2 amide bonds. The molecule has 3 aliphatic rings. The summed E-state index contributed by atoms with van der Waals surface area (Å²) in [6.07, 6.45) is 3.83. The molecule has 0 spiro atoms. The van der Waals surface area contributed by atoms with E-state index in [0.29, 0.717) is 30.2 Å². The minimum absolute atomic E-state index is 0.186. The highest BCUT2D eigenvalue weighted by molar-refractivity contribution is 5.81. The van der Waals surface area contributed by atoms with Crippen LogP contribution in [0.1, 0.15) is 32.6 Å². The normalized spacial score (nSPS) is 39.9. The molecule has 4 nitrogen and oxygen atoms in total. The van der Waals surface area contributed by atoms with Crippen LogP contribution in [0, 0.1) is 23.7 Å². The van der Waals surface area contributed by atoms with Crippen LogP contribution >= 0.6 is 0 Å². The average molecular weight is 236 g/mol. The molecule has 0 aromatic rings. The van der Waals surface area contributed by atoms with Crippen LogP contribution in [0.5, 0.6) is 0 Å². The minimum Gasteiger partial charge on any atom is -0.356 e. The highest BCUT2D eigenvalue weighted by atomic mass is 16.2. The van der Waals surface area contributed by atoms with Crippen molar-refractivity contribution in [3.63, 3.8) is 0 Å². The largest absolute Gasteiger partial charge is 0.356 e. The van der Waals surface area contributed by atoms with Gasteiger partial charge in [-0.2, -0.15) is 0 Å². The first-order valence-corrected chi connectivity index (χ1v) is 6.72. The Labute approximate surface area is 102 Å². The Bertz CT molecular complexity index is 351. The number of nitrogens with one attached hydrogen (secondary N) is 2. The zero-order chi connectivity index (χ0) is 12.0. The predicted molar refractivity (Wildman–Crippen MR) is 63.0 cm³/mol. The van der Waals surface area contributed by atoms with Crippen molar-refractivity contribution in [3.05, 3.63) is 0 Å². The Balaban J connectivity index is 1.57. The Morgan fingerprint density at radius 2 is 2.24 bits per heavy atom. The van der Waals surface area contributed by atoms with Gasteiger partial charge in [0.1, 0.15) is 0 Å². The summed E-state index contributed by atoms with van der Waals surface area (Å²) in [4.78, 5) is 23.0. The molecule has 0 radical (unpaired) electrons. The van der Waals surface area contributed by atoms with Gasteiger partial charge in [0.25, 0.3) is 0 Å². The summed E-state index contributed by atoms with van der Waals surface area (Å²) in [7, 11) is 0. The summed E-state index contributed by atoms with van der Waals surface area (Å²) in [5.74, 6) is 2.21. The van der Waals surface area contributed by atoms with Crippen LogP contribution in [0.4, 0.5) is 0 Å². The lowest BCUT2D eigenvalue weighted by Gasteiger charge is -2.21. The van der Waals surface area contributed by atoms with Crippen molar-refractivity contribution in [2.75, 3.05) is 6.54 Å². The zero-order valence-corrected chi connectivity index (χ0v) is 10.2. The number of carbonyl (C=O) groups excluding carboxylic acids is 2. The average Bonchev–Trinajstić information content (AvgIpc) is 2.99. The number of amides is 2. The van der Waals surface area contributed by atoms with Crippen LogP contribution in [0.25, 0.3) is 0 Å². The fraction of sp³-hybridized carbons (Fsp3) is 0.846. The van der Waals surface area contributed by atoms with Crippen LogP contribution in [0.15, 0.2) is 0 Å². The maximum absolute atomic E-state index is 11.6. The third-order valence-corrected chi connectivity index (χ3v) is 4.65. The number of rotatable bonds is 3. The SMILES string of the molecule is C[C@H]1C[C@H]2NC(=O)C[C@H]2[C@@H]1CNC(=O)C1CC1. The lowest BCUT2D eigenvalue weighted by molar-refractivity contribution is -0.122. The summed E-state index contributed by atoms with van der Waals surface area (Å²) in [6.45, 7) is 2.99. The molecule has 1 saturated heterocycles. The molecule has 17 heavy (non-hydrogen) atoms. The third kappa shape index (κ3) is 2.05. The van der Waals surface area contributed by atoms with Gasteiger partial charge in [-0.05, 0) is 37.0 Å². The predicted octanol–water partition coefficient (Wildman–Crippen LogP) is 0.673. The second-order valence-corrected chi connectivity index (χ2v) is 5.94. The van der Waals surface area contributed by atoms with E-state index < -0.39 is 0 Å². The minimum atomic E-state index is 0.186. The fourth-order valence-corrected chi connectivity index (χ4v) is 3.47. The number of fused-ring (bicyclic) bond motifs is 1. The van der Waals surface area contributed by atoms with Crippen LogP contribution in [-0.4, -0.2) is 24.4 Å². The first-order valence-electron chi connectivity index (χ1n) is 6.72. The van der Waals surface area contributed by atoms with Gasteiger partial charge in [0, 0.05) is 24.9 Å². The monoisotopic (exact) mass is 236 g/mol. The summed E-state index contributed by atoms with van der Waals surface area (Å²) < 4.78 is 0. The van der Waals surface area contributed by atoms with Gasteiger partial charge in [0.2, 0.25) is 11.8 Å². The van der Waals surface area contributed by atoms with E-state index in [1.165, 1.54) is 0 Å². The van der Waals surface area contributed by atoms with Crippen molar-refractivity contribution in [3.8, 4) is 0 Å². The van der Waals surface area contributed by atoms with Crippen molar-refractivity contribution in [2.45, 2.75) is 38.6 Å². The van der Waals surface area contributed by atoms with E-state index in [2.05, 4.69) is 17.6 Å². The molecule has 94 valence electrons. The molecule has 0 bridgehead atoms. The Morgan fingerprint density at radius 3 is 2.94 bits per heavy atom. The molecule has 3 fully saturated rings. The van der Waals surface area contributed by atoms with Gasteiger partial charge in [-0.15, -0.1) is 0 Å². The Hall–Kier alpha value is -1.06. The van der Waals surface area contributed by atoms with Gasteiger partial charge in [0.05, 0.1) is 0 Å². The van der Waals surface area contributed by atoms with E-state index >= 15 is 0 Å². The van der Waals surface area contributed by atoms with E-state index in [1.807, 2.05) is 0 Å². The maximum Gasteiger partial charge on any atom is 0.223 e. The number of hydrogen-bond acceptors (Lipinski definition) is 2. The molecule has 2 aliphatic carbocycles. The quantitative estimate of drug-likeness (QED) is 0.757. The first kappa shape index (κ1) is 11.1. The molecule has 0 aromatic carbocycles. The van der Waals surface area contributed by atoms with Gasteiger partial charge in [-0.3, -0.25) is 9.59 Å². The molecule has 2 N–H and O–H groups in total. The second-order valence-electron chi connectivity index (χ2n) is 5.94. The van der Waals surface area contributed by atoms with Gasteiger partial charge < -0.3 is 10.6 Å². The standard InChI is InChI=1S/C13H20N2O2/c1-7-4-11-9(5-12(16)15-11)10(7)6-14-13(17)8-2-3-8/h7-11H,2-6H2,1H3,(H,14,17)(H,15,16)/t7-,9-,10+,11+/m0/s1. The smallest absolute Gasteiger partial charge is 0.223 e. The van der Waals surface area contributed by atoms with Gasteiger partial charge >= 0.3 is 0 Å². The fourth-order valence-electron chi connectivity index (χ4n) is 3.47. The van der Waals surface area contributed by atoms with Crippen molar-refractivity contribution in [1.82, 2.24) is 10.6 Å². The summed E-state index contributed by atoms with van der Waals surface area (Å²) in [6, 6.07) is 0.361. The molecular weight excluding hydrogens is 216 g/mol. The Kier molecular flexibility index (Phi) is 2.60. The van der Waals surface area contributed by atoms with Crippen LogP contribution in [0.3, 0.4) is 0 Å². The second kappa shape index (κ2) is 4.00. The van der Waals surface area contributed by atoms with Crippen molar-refractivity contribution in [1.29, 1.82) is 0 Å². The van der Waals surface area contributed by atoms with E-state index in [4.69, 9.17) is 0 Å². The van der Waals surface area contributed by atoms with E-state index in [9.17, 15) is 9.59 Å². The highest BCUT2D eigenvalue weighted by Crippen LogP contribution is 2.41. The van der Waals surface area contributed by atoms with Gasteiger partial charge in [0.15, 0.2) is 0 Å². The maximum atomic E-state index is 11.6. The van der Waals surface area contributed by atoms with Crippen LogP contribution < -0.4 is 10.6 Å². The van der Waals surface area contributed by atoms with E-state index in [0.717, 1.165) is 25.8 Å².